The summed E-state index contributed by atoms with van der Waals surface area (Å²) in [4.78, 5) is 11.4. The van der Waals surface area contributed by atoms with Crippen molar-refractivity contribution in [2.45, 2.75) is 6.54 Å². The minimum atomic E-state index is -0.194. The van der Waals surface area contributed by atoms with Gasteiger partial charge in [0.2, 0.25) is 0 Å². The van der Waals surface area contributed by atoms with E-state index in [1.165, 1.54) is 0 Å². The zero-order valence-corrected chi connectivity index (χ0v) is 9.57. The molecule has 0 spiro atoms. The summed E-state index contributed by atoms with van der Waals surface area (Å²) in [6.45, 7) is 2.97. The molecule has 5 heteroatoms. The number of urea groups is 1. The second kappa shape index (κ2) is 5.54. The summed E-state index contributed by atoms with van der Waals surface area (Å²) < 4.78 is 0. The number of phenolic OH excluding ortho intramolecular Hbond substituents is 1. The summed E-state index contributed by atoms with van der Waals surface area (Å²) >= 11 is 0. The molecule has 1 aromatic rings. The van der Waals surface area contributed by atoms with Gasteiger partial charge in [0.1, 0.15) is 5.75 Å². The van der Waals surface area contributed by atoms with Crippen LogP contribution in [0.1, 0.15) is 5.56 Å². The molecular weight excluding hydrogens is 218 g/mol. The highest BCUT2D eigenvalue weighted by Crippen LogP contribution is 2.14. The van der Waals surface area contributed by atoms with Crippen LogP contribution in [0.4, 0.5) is 4.79 Å². The van der Waals surface area contributed by atoms with Gasteiger partial charge < -0.3 is 21.1 Å². The Morgan fingerprint density at radius 3 is 2.76 bits per heavy atom. The number of carbonyl (C=O) groups excluding carboxylic acids is 1. The smallest absolute Gasteiger partial charge is 0.315 e. The van der Waals surface area contributed by atoms with Crippen molar-refractivity contribution < 1.29 is 9.90 Å². The molecule has 5 nitrogen and oxygen atoms in total. The third-order valence-corrected chi connectivity index (χ3v) is 2.85. The number of benzene rings is 1. The Bertz CT molecular complexity index is 391. The van der Waals surface area contributed by atoms with Gasteiger partial charge in [-0.2, -0.15) is 0 Å². The number of rotatable bonds is 4. The minimum Gasteiger partial charge on any atom is -0.508 e. The van der Waals surface area contributed by atoms with E-state index in [0.29, 0.717) is 24.6 Å². The number of hydrogen-bond donors (Lipinski definition) is 4. The highest BCUT2D eigenvalue weighted by atomic mass is 16.3. The predicted octanol–water partition coefficient (Wildman–Crippen LogP) is 0.411. The van der Waals surface area contributed by atoms with Gasteiger partial charge >= 0.3 is 6.03 Å². The maximum atomic E-state index is 11.4. The summed E-state index contributed by atoms with van der Waals surface area (Å²) in [6.07, 6.45) is 0. The maximum Gasteiger partial charge on any atom is 0.315 e. The number of carbonyl (C=O) groups is 1. The van der Waals surface area contributed by atoms with E-state index in [1.807, 2.05) is 6.07 Å². The Kier molecular flexibility index (Phi) is 3.82. The van der Waals surface area contributed by atoms with Crippen molar-refractivity contribution in [1.29, 1.82) is 0 Å². The number of nitrogens with one attached hydrogen (secondary N) is 3. The molecule has 1 aromatic carbocycles. The van der Waals surface area contributed by atoms with Gasteiger partial charge in [0, 0.05) is 37.7 Å². The summed E-state index contributed by atoms with van der Waals surface area (Å²) in [6, 6.07) is 6.78. The topological polar surface area (TPSA) is 73.4 Å². The Morgan fingerprint density at radius 2 is 2.12 bits per heavy atom. The summed E-state index contributed by atoms with van der Waals surface area (Å²) in [5.41, 5.74) is 0.716. The highest BCUT2D eigenvalue weighted by Gasteiger charge is 2.16. The van der Waals surface area contributed by atoms with Crippen molar-refractivity contribution in [3.05, 3.63) is 29.8 Å². The third-order valence-electron chi connectivity index (χ3n) is 2.85. The Labute approximate surface area is 100 Å². The van der Waals surface area contributed by atoms with Crippen LogP contribution in [0.2, 0.25) is 0 Å². The molecule has 0 atom stereocenters. The van der Waals surface area contributed by atoms with Crippen LogP contribution in [-0.4, -0.2) is 30.8 Å². The second-order valence-electron chi connectivity index (χ2n) is 4.22. The van der Waals surface area contributed by atoms with Gasteiger partial charge in [0.15, 0.2) is 0 Å². The van der Waals surface area contributed by atoms with Crippen molar-refractivity contribution in [3.8, 4) is 5.75 Å². The fourth-order valence-corrected chi connectivity index (χ4v) is 1.63. The minimum absolute atomic E-state index is 0.194. The molecule has 1 heterocycles. The van der Waals surface area contributed by atoms with Gasteiger partial charge in [-0.1, -0.05) is 18.2 Å². The lowest BCUT2D eigenvalue weighted by molar-refractivity contribution is 0.235. The molecule has 4 N–H and O–H groups in total. The standard InChI is InChI=1S/C12H17N3O2/c16-11-4-2-1-3-10(11)8-15-12(17)14-7-9-5-13-6-9/h1-4,9,13,16H,5-8H2,(H2,14,15,17). The molecule has 2 amide bonds. The average Bonchev–Trinajstić information content (AvgIpc) is 2.26. The lowest BCUT2D eigenvalue weighted by Crippen LogP contribution is -2.49. The SMILES string of the molecule is O=C(NCc1ccccc1O)NCC1CNC1. The fourth-order valence-electron chi connectivity index (χ4n) is 1.63. The number of aromatic hydroxyl groups is 1. The molecule has 1 aliphatic heterocycles. The van der Waals surface area contributed by atoms with E-state index in [1.54, 1.807) is 18.2 Å². The van der Waals surface area contributed by atoms with Crippen LogP contribution in [-0.2, 0) is 6.54 Å². The van der Waals surface area contributed by atoms with Crippen LogP contribution in [0.25, 0.3) is 0 Å². The van der Waals surface area contributed by atoms with Crippen LogP contribution >= 0.6 is 0 Å². The van der Waals surface area contributed by atoms with Crippen LogP contribution in [0.5, 0.6) is 5.75 Å². The number of amides is 2. The lowest BCUT2D eigenvalue weighted by atomic mass is 10.0. The molecule has 0 aliphatic carbocycles. The van der Waals surface area contributed by atoms with E-state index in [0.717, 1.165) is 13.1 Å². The molecule has 0 bridgehead atoms. The van der Waals surface area contributed by atoms with Gasteiger partial charge in [-0.15, -0.1) is 0 Å². The molecule has 0 unspecified atom stereocenters. The molecule has 2 rings (SSSR count). The van der Waals surface area contributed by atoms with Gasteiger partial charge in [0.25, 0.3) is 0 Å². The second-order valence-corrected chi connectivity index (χ2v) is 4.22. The van der Waals surface area contributed by atoms with Crippen LogP contribution in [0.15, 0.2) is 24.3 Å². The van der Waals surface area contributed by atoms with Gasteiger partial charge in [-0.3, -0.25) is 0 Å². The molecule has 92 valence electrons. The van der Waals surface area contributed by atoms with E-state index in [9.17, 15) is 9.90 Å². The van der Waals surface area contributed by atoms with Crippen LogP contribution < -0.4 is 16.0 Å². The zero-order valence-electron chi connectivity index (χ0n) is 9.57. The molecule has 1 fully saturated rings. The van der Waals surface area contributed by atoms with Crippen LogP contribution in [0, 0.1) is 5.92 Å². The largest absolute Gasteiger partial charge is 0.508 e. The fraction of sp³-hybridized carbons (Fsp3) is 0.417. The first-order chi connectivity index (χ1) is 8.25. The van der Waals surface area contributed by atoms with E-state index in [2.05, 4.69) is 16.0 Å². The Balaban J connectivity index is 1.70. The molecule has 17 heavy (non-hydrogen) atoms. The molecule has 0 radical (unpaired) electrons. The first-order valence-electron chi connectivity index (χ1n) is 5.75. The van der Waals surface area contributed by atoms with Crippen molar-refractivity contribution in [2.75, 3.05) is 19.6 Å². The monoisotopic (exact) mass is 235 g/mol. The van der Waals surface area contributed by atoms with Crippen molar-refractivity contribution in [2.24, 2.45) is 5.92 Å². The number of phenols is 1. The lowest BCUT2D eigenvalue weighted by Gasteiger charge is -2.27. The third kappa shape index (κ3) is 3.35. The highest BCUT2D eigenvalue weighted by molar-refractivity contribution is 5.73. The first kappa shape index (κ1) is 11.7. The van der Waals surface area contributed by atoms with E-state index in [4.69, 9.17) is 0 Å². The van der Waals surface area contributed by atoms with Gasteiger partial charge in [-0.25, -0.2) is 4.79 Å². The molecule has 0 aromatic heterocycles. The Morgan fingerprint density at radius 1 is 1.35 bits per heavy atom. The number of hydrogen-bond acceptors (Lipinski definition) is 3. The van der Waals surface area contributed by atoms with Crippen molar-refractivity contribution >= 4 is 6.03 Å². The van der Waals surface area contributed by atoms with Crippen molar-refractivity contribution in [3.63, 3.8) is 0 Å². The Hall–Kier alpha value is -1.75. The van der Waals surface area contributed by atoms with Gasteiger partial charge in [-0.05, 0) is 6.07 Å². The van der Waals surface area contributed by atoms with E-state index in [-0.39, 0.29) is 11.8 Å². The predicted molar refractivity (Wildman–Crippen MR) is 64.7 cm³/mol. The summed E-state index contributed by atoms with van der Waals surface area (Å²) in [7, 11) is 0. The first-order valence-corrected chi connectivity index (χ1v) is 5.75. The quantitative estimate of drug-likeness (QED) is 0.611. The number of para-hydroxylation sites is 1. The van der Waals surface area contributed by atoms with E-state index >= 15 is 0 Å². The molecule has 1 saturated heterocycles. The molecule has 0 saturated carbocycles. The van der Waals surface area contributed by atoms with Crippen molar-refractivity contribution in [1.82, 2.24) is 16.0 Å². The normalized spacial score (nSPS) is 15.1. The van der Waals surface area contributed by atoms with E-state index < -0.39 is 0 Å². The van der Waals surface area contributed by atoms with Crippen LogP contribution in [0.3, 0.4) is 0 Å². The maximum absolute atomic E-state index is 11.4. The summed E-state index contributed by atoms with van der Waals surface area (Å²) in [5.74, 6) is 0.752. The molecular formula is C12H17N3O2. The summed E-state index contributed by atoms with van der Waals surface area (Å²) in [5, 5.41) is 18.2. The zero-order chi connectivity index (χ0) is 12.1. The average molecular weight is 235 g/mol. The molecule has 1 aliphatic rings. The van der Waals surface area contributed by atoms with Gasteiger partial charge in [0.05, 0.1) is 0 Å².